The Morgan fingerprint density at radius 2 is 2.15 bits per heavy atom. The Morgan fingerprint density at radius 1 is 1.30 bits per heavy atom. The van der Waals surface area contributed by atoms with Crippen molar-refractivity contribution < 1.29 is 4.79 Å². The van der Waals surface area contributed by atoms with Gasteiger partial charge in [-0.15, -0.1) is 0 Å². The number of hydrogen-bond acceptors (Lipinski definition) is 4. The van der Waals surface area contributed by atoms with E-state index in [4.69, 9.17) is 0 Å². The van der Waals surface area contributed by atoms with Gasteiger partial charge in [0.05, 0.1) is 18.4 Å². The SMILES string of the molecule is CCCNC(=O)NCc1cc(-c2cnccn2)nn1C. The molecule has 2 rings (SSSR count). The second-order valence-electron chi connectivity index (χ2n) is 4.34. The third kappa shape index (κ3) is 3.53. The summed E-state index contributed by atoms with van der Waals surface area (Å²) in [4.78, 5) is 19.7. The number of amides is 2. The van der Waals surface area contributed by atoms with Crippen molar-refractivity contribution in [3.8, 4) is 11.4 Å². The van der Waals surface area contributed by atoms with Crippen molar-refractivity contribution >= 4 is 6.03 Å². The Balaban J connectivity index is 2.00. The molecule has 2 heterocycles. The fourth-order valence-corrected chi connectivity index (χ4v) is 1.70. The van der Waals surface area contributed by atoms with Crippen molar-refractivity contribution in [2.24, 2.45) is 7.05 Å². The number of nitrogens with one attached hydrogen (secondary N) is 2. The van der Waals surface area contributed by atoms with Crippen LogP contribution >= 0.6 is 0 Å². The van der Waals surface area contributed by atoms with Gasteiger partial charge in [-0.3, -0.25) is 14.6 Å². The quantitative estimate of drug-likeness (QED) is 0.854. The molecule has 0 aromatic carbocycles. The number of aryl methyl sites for hydroxylation is 1. The maximum Gasteiger partial charge on any atom is 0.315 e. The largest absolute Gasteiger partial charge is 0.338 e. The van der Waals surface area contributed by atoms with Gasteiger partial charge in [-0.2, -0.15) is 5.10 Å². The number of rotatable bonds is 5. The lowest BCUT2D eigenvalue weighted by Crippen LogP contribution is -2.35. The van der Waals surface area contributed by atoms with E-state index in [1.54, 1.807) is 23.3 Å². The summed E-state index contributed by atoms with van der Waals surface area (Å²) in [5.41, 5.74) is 2.36. The van der Waals surface area contributed by atoms with E-state index in [1.165, 1.54) is 0 Å². The second kappa shape index (κ2) is 6.65. The monoisotopic (exact) mass is 274 g/mol. The molecule has 2 amide bonds. The number of urea groups is 1. The van der Waals surface area contributed by atoms with Crippen LogP contribution in [0.1, 0.15) is 19.0 Å². The molecule has 7 heteroatoms. The van der Waals surface area contributed by atoms with Crippen LogP contribution in [-0.2, 0) is 13.6 Å². The minimum Gasteiger partial charge on any atom is -0.338 e. The lowest BCUT2D eigenvalue weighted by Gasteiger charge is -2.06. The fourth-order valence-electron chi connectivity index (χ4n) is 1.70. The molecular formula is C13H18N6O. The average Bonchev–Trinajstić information content (AvgIpc) is 2.85. The van der Waals surface area contributed by atoms with E-state index in [0.717, 1.165) is 17.8 Å². The summed E-state index contributed by atoms with van der Waals surface area (Å²) in [6.45, 7) is 3.09. The molecule has 0 spiro atoms. The lowest BCUT2D eigenvalue weighted by atomic mass is 10.3. The molecule has 0 unspecified atom stereocenters. The average molecular weight is 274 g/mol. The van der Waals surface area contributed by atoms with Gasteiger partial charge < -0.3 is 10.6 Å². The van der Waals surface area contributed by atoms with E-state index in [2.05, 4.69) is 25.7 Å². The zero-order valence-corrected chi connectivity index (χ0v) is 11.6. The highest BCUT2D eigenvalue weighted by atomic mass is 16.2. The van der Waals surface area contributed by atoms with Crippen molar-refractivity contribution in [3.63, 3.8) is 0 Å². The van der Waals surface area contributed by atoms with Crippen LogP contribution in [0.15, 0.2) is 24.7 Å². The van der Waals surface area contributed by atoms with Crippen LogP contribution in [0, 0.1) is 0 Å². The van der Waals surface area contributed by atoms with Crippen LogP contribution in [0.3, 0.4) is 0 Å². The highest BCUT2D eigenvalue weighted by Gasteiger charge is 2.09. The summed E-state index contributed by atoms with van der Waals surface area (Å²) in [5.74, 6) is 0. The summed E-state index contributed by atoms with van der Waals surface area (Å²) >= 11 is 0. The van der Waals surface area contributed by atoms with Crippen LogP contribution in [0.5, 0.6) is 0 Å². The van der Waals surface area contributed by atoms with Crippen LogP contribution in [0.2, 0.25) is 0 Å². The van der Waals surface area contributed by atoms with E-state index in [9.17, 15) is 4.79 Å². The van der Waals surface area contributed by atoms with Crippen molar-refractivity contribution in [3.05, 3.63) is 30.4 Å². The van der Waals surface area contributed by atoms with Crippen molar-refractivity contribution in [1.82, 2.24) is 30.4 Å². The van der Waals surface area contributed by atoms with Crippen molar-refractivity contribution in [1.29, 1.82) is 0 Å². The molecule has 0 radical (unpaired) electrons. The second-order valence-corrected chi connectivity index (χ2v) is 4.34. The first-order chi connectivity index (χ1) is 9.70. The van der Waals surface area contributed by atoms with Gasteiger partial charge in [0.2, 0.25) is 0 Å². The maximum atomic E-state index is 11.5. The Hall–Kier alpha value is -2.44. The van der Waals surface area contributed by atoms with E-state index >= 15 is 0 Å². The molecular weight excluding hydrogens is 256 g/mol. The summed E-state index contributed by atoms with van der Waals surface area (Å²) in [6.07, 6.45) is 5.82. The first kappa shape index (κ1) is 14.0. The van der Waals surface area contributed by atoms with Crippen molar-refractivity contribution in [2.75, 3.05) is 6.54 Å². The molecule has 0 aliphatic rings. The number of carbonyl (C=O) groups is 1. The first-order valence-corrected chi connectivity index (χ1v) is 6.51. The van der Waals surface area contributed by atoms with Crippen LogP contribution in [0.4, 0.5) is 4.79 Å². The number of nitrogens with zero attached hydrogens (tertiary/aromatic N) is 4. The predicted molar refractivity (Wildman–Crippen MR) is 74.8 cm³/mol. The van der Waals surface area contributed by atoms with Gasteiger partial charge in [0.1, 0.15) is 11.4 Å². The summed E-state index contributed by atoms with van der Waals surface area (Å²) in [7, 11) is 1.83. The van der Waals surface area contributed by atoms with Gasteiger partial charge in [-0.1, -0.05) is 6.92 Å². The number of aromatic nitrogens is 4. The fraction of sp³-hybridized carbons (Fsp3) is 0.385. The van der Waals surface area contributed by atoms with Gasteiger partial charge >= 0.3 is 6.03 Å². The Labute approximate surface area is 117 Å². The standard InChI is InChI=1S/C13H18N6O/c1-3-4-16-13(20)17-8-10-7-11(18-19(10)2)12-9-14-5-6-15-12/h5-7,9H,3-4,8H2,1-2H3,(H2,16,17,20). The highest BCUT2D eigenvalue weighted by molar-refractivity contribution is 5.73. The molecule has 0 saturated heterocycles. The van der Waals surface area contributed by atoms with Gasteiger partial charge in [-0.25, -0.2) is 4.79 Å². The van der Waals surface area contributed by atoms with Crippen molar-refractivity contribution in [2.45, 2.75) is 19.9 Å². The van der Waals surface area contributed by atoms with Gasteiger partial charge in [0.15, 0.2) is 0 Å². The first-order valence-electron chi connectivity index (χ1n) is 6.51. The minimum atomic E-state index is -0.172. The van der Waals surface area contributed by atoms with E-state index in [-0.39, 0.29) is 6.03 Å². The summed E-state index contributed by atoms with van der Waals surface area (Å²) in [6, 6.07) is 1.72. The van der Waals surface area contributed by atoms with Gasteiger partial charge in [0.25, 0.3) is 0 Å². The zero-order chi connectivity index (χ0) is 14.4. The van der Waals surface area contributed by atoms with Crippen LogP contribution in [0.25, 0.3) is 11.4 Å². The molecule has 0 bridgehead atoms. The van der Waals surface area contributed by atoms with Crippen LogP contribution < -0.4 is 10.6 Å². The molecule has 0 aliphatic heterocycles. The Morgan fingerprint density at radius 3 is 2.85 bits per heavy atom. The topological polar surface area (TPSA) is 84.7 Å². The highest BCUT2D eigenvalue weighted by Crippen LogP contribution is 2.14. The molecule has 2 aromatic heterocycles. The minimum absolute atomic E-state index is 0.172. The third-order valence-electron chi connectivity index (χ3n) is 2.77. The molecule has 2 N–H and O–H groups in total. The summed E-state index contributed by atoms with van der Waals surface area (Å²) in [5, 5.41) is 9.91. The molecule has 0 atom stereocenters. The Bertz CT molecular complexity index is 565. The smallest absolute Gasteiger partial charge is 0.315 e. The molecule has 7 nitrogen and oxygen atoms in total. The summed E-state index contributed by atoms with van der Waals surface area (Å²) < 4.78 is 1.73. The van der Waals surface area contributed by atoms with Gasteiger partial charge in [-0.05, 0) is 12.5 Å². The zero-order valence-electron chi connectivity index (χ0n) is 11.6. The normalized spacial score (nSPS) is 10.3. The third-order valence-corrected chi connectivity index (χ3v) is 2.77. The van der Waals surface area contributed by atoms with E-state index in [1.807, 2.05) is 20.0 Å². The van der Waals surface area contributed by atoms with Gasteiger partial charge in [0, 0.05) is 26.0 Å². The number of carbonyl (C=O) groups excluding carboxylic acids is 1. The molecule has 20 heavy (non-hydrogen) atoms. The lowest BCUT2D eigenvalue weighted by molar-refractivity contribution is 0.240. The van der Waals surface area contributed by atoms with E-state index < -0.39 is 0 Å². The molecule has 2 aromatic rings. The van der Waals surface area contributed by atoms with E-state index in [0.29, 0.717) is 18.8 Å². The Kier molecular flexibility index (Phi) is 4.65. The van der Waals surface area contributed by atoms with Crippen LogP contribution in [-0.4, -0.2) is 32.3 Å². The molecule has 0 saturated carbocycles. The molecule has 106 valence electrons. The molecule has 0 aliphatic carbocycles. The molecule has 0 fully saturated rings. The number of hydrogen-bond donors (Lipinski definition) is 2. The predicted octanol–water partition coefficient (Wildman–Crippen LogP) is 1.09. The maximum absolute atomic E-state index is 11.5.